The Kier molecular flexibility index (Phi) is 5.62. The van der Waals surface area contributed by atoms with E-state index in [9.17, 15) is 4.79 Å². The van der Waals surface area contributed by atoms with Crippen LogP contribution in [-0.2, 0) is 11.3 Å². The molecule has 1 fully saturated rings. The van der Waals surface area contributed by atoms with E-state index in [-0.39, 0.29) is 5.91 Å². The summed E-state index contributed by atoms with van der Waals surface area (Å²) in [5, 5.41) is 0. The summed E-state index contributed by atoms with van der Waals surface area (Å²) in [7, 11) is 4.04. The van der Waals surface area contributed by atoms with Crippen LogP contribution in [0, 0.1) is 5.92 Å². The molecule has 1 aromatic carbocycles. The highest BCUT2D eigenvalue weighted by Crippen LogP contribution is 2.21. The highest BCUT2D eigenvalue weighted by atomic mass is 16.5. The fourth-order valence-electron chi connectivity index (χ4n) is 2.97. The second-order valence-corrected chi connectivity index (χ2v) is 5.92. The second kappa shape index (κ2) is 7.46. The molecule has 4 nitrogen and oxygen atoms in total. The lowest BCUT2D eigenvalue weighted by Gasteiger charge is -2.32. The van der Waals surface area contributed by atoms with Gasteiger partial charge in [0.25, 0.3) is 0 Å². The Hall–Kier alpha value is -1.55. The average molecular weight is 290 g/mol. The van der Waals surface area contributed by atoms with Crippen molar-refractivity contribution in [3.8, 4) is 5.75 Å². The summed E-state index contributed by atoms with van der Waals surface area (Å²) < 4.78 is 5.68. The molecule has 1 atom stereocenters. The van der Waals surface area contributed by atoms with Crippen LogP contribution >= 0.6 is 0 Å². The van der Waals surface area contributed by atoms with Crippen molar-refractivity contribution < 1.29 is 9.53 Å². The summed E-state index contributed by atoms with van der Waals surface area (Å²) >= 11 is 0. The van der Waals surface area contributed by atoms with Crippen molar-refractivity contribution >= 4 is 5.91 Å². The van der Waals surface area contributed by atoms with Gasteiger partial charge in [-0.3, -0.25) is 4.79 Å². The third-order valence-electron chi connectivity index (χ3n) is 4.01. The Labute approximate surface area is 127 Å². The van der Waals surface area contributed by atoms with E-state index in [1.165, 1.54) is 5.56 Å². The average Bonchev–Trinajstić information content (AvgIpc) is 2.45. The van der Waals surface area contributed by atoms with Gasteiger partial charge >= 0.3 is 0 Å². The van der Waals surface area contributed by atoms with Crippen molar-refractivity contribution in [3.63, 3.8) is 0 Å². The van der Waals surface area contributed by atoms with E-state index in [1.807, 2.05) is 31.0 Å². The Morgan fingerprint density at radius 1 is 1.38 bits per heavy atom. The van der Waals surface area contributed by atoms with Gasteiger partial charge in [-0.15, -0.1) is 0 Å². The number of hydrogen-bond donors (Lipinski definition) is 0. The molecular weight excluding hydrogens is 264 g/mol. The zero-order chi connectivity index (χ0) is 15.2. The number of ether oxygens (including phenoxy) is 1. The van der Waals surface area contributed by atoms with Crippen molar-refractivity contribution in [3.05, 3.63) is 29.8 Å². The van der Waals surface area contributed by atoms with Gasteiger partial charge in [-0.25, -0.2) is 0 Å². The molecule has 1 amide bonds. The van der Waals surface area contributed by atoms with Gasteiger partial charge in [0.1, 0.15) is 5.75 Å². The number of hydrogen-bond acceptors (Lipinski definition) is 3. The lowest BCUT2D eigenvalue weighted by atomic mass is 9.97. The first-order valence-electron chi connectivity index (χ1n) is 7.73. The highest BCUT2D eigenvalue weighted by Gasteiger charge is 2.23. The standard InChI is InChI=1S/C17H26N2O2/c1-4-21-16-8-6-5-7-15(16)13-18(2)11-14-9-10-17(20)19(3)12-14/h5-8,14H,4,9-13H2,1-3H3. The van der Waals surface area contributed by atoms with Crippen LogP contribution in [-0.4, -0.2) is 49.5 Å². The fraction of sp³-hybridized carbons (Fsp3) is 0.588. The van der Waals surface area contributed by atoms with Gasteiger partial charge in [0.2, 0.25) is 5.91 Å². The molecule has 1 aliphatic heterocycles. The third-order valence-corrected chi connectivity index (χ3v) is 4.01. The molecule has 2 rings (SSSR count). The van der Waals surface area contributed by atoms with Crippen LogP contribution in [0.5, 0.6) is 5.75 Å². The Bertz CT molecular complexity index is 476. The number of likely N-dealkylation sites (tertiary alicyclic amines) is 1. The minimum atomic E-state index is 0.274. The van der Waals surface area contributed by atoms with Crippen LogP contribution in [0.15, 0.2) is 24.3 Å². The highest BCUT2D eigenvalue weighted by molar-refractivity contribution is 5.76. The number of nitrogens with zero attached hydrogens (tertiary/aromatic N) is 2. The van der Waals surface area contributed by atoms with Gasteiger partial charge in [0.15, 0.2) is 0 Å². The summed E-state index contributed by atoms with van der Waals surface area (Å²) in [6, 6.07) is 8.21. The minimum absolute atomic E-state index is 0.274. The van der Waals surface area contributed by atoms with Crippen LogP contribution in [0.1, 0.15) is 25.3 Å². The first-order chi connectivity index (χ1) is 10.1. The number of carbonyl (C=O) groups is 1. The van der Waals surface area contributed by atoms with E-state index < -0.39 is 0 Å². The quantitative estimate of drug-likeness (QED) is 0.806. The monoisotopic (exact) mass is 290 g/mol. The molecule has 0 radical (unpaired) electrons. The zero-order valence-electron chi connectivity index (χ0n) is 13.3. The van der Waals surface area contributed by atoms with Gasteiger partial charge in [0, 0.05) is 38.7 Å². The van der Waals surface area contributed by atoms with Crippen molar-refractivity contribution in [2.24, 2.45) is 5.92 Å². The molecule has 1 aliphatic rings. The zero-order valence-corrected chi connectivity index (χ0v) is 13.3. The number of benzene rings is 1. The van der Waals surface area contributed by atoms with Crippen molar-refractivity contribution in [1.29, 1.82) is 0 Å². The first-order valence-corrected chi connectivity index (χ1v) is 7.73. The van der Waals surface area contributed by atoms with Crippen molar-refractivity contribution in [2.75, 3.05) is 33.8 Å². The van der Waals surface area contributed by atoms with Gasteiger partial charge in [-0.05, 0) is 32.4 Å². The molecule has 1 aromatic rings. The molecule has 0 saturated carbocycles. The van der Waals surface area contributed by atoms with Crippen molar-refractivity contribution in [2.45, 2.75) is 26.3 Å². The molecule has 0 aliphatic carbocycles. The number of carbonyl (C=O) groups excluding carboxylic acids is 1. The van der Waals surface area contributed by atoms with E-state index in [1.54, 1.807) is 0 Å². The Balaban J connectivity index is 1.90. The lowest BCUT2D eigenvalue weighted by molar-refractivity contribution is -0.133. The van der Waals surface area contributed by atoms with E-state index >= 15 is 0 Å². The van der Waals surface area contributed by atoms with Gasteiger partial charge in [-0.1, -0.05) is 18.2 Å². The van der Waals surface area contributed by atoms with E-state index in [4.69, 9.17) is 4.74 Å². The van der Waals surface area contributed by atoms with Gasteiger partial charge in [0.05, 0.1) is 6.61 Å². The Morgan fingerprint density at radius 2 is 2.14 bits per heavy atom. The van der Waals surface area contributed by atoms with Crippen LogP contribution in [0.4, 0.5) is 0 Å². The molecule has 116 valence electrons. The molecule has 1 unspecified atom stereocenters. The largest absolute Gasteiger partial charge is 0.494 e. The van der Waals surface area contributed by atoms with Crippen LogP contribution < -0.4 is 4.74 Å². The summed E-state index contributed by atoms with van der Waals surface area (Å²) in [6.07, 6.45) is 1.69. The maximum atomic E-state index is 11.5. The van der Waals surface area contributed by atoms with E-state index in [0.29, 0.717) is 18.9 Å². The SMILES string of the molecule is CCOc1ccccc1CN(C)CC1CCC(=O)N(C)C1. The lowest BCUT2D eigenvalue weighted by Crippen LogP contribution is -2.41. The summed E-state index contributed by atoms with van der Waals surface area (Å²) in [6.45, 7) is 5.46. The summed E-state index contributed by atoms with van der Waals surface area (Å²) in [4.78, 5) is 15.7. The molecule has 1 heterocycles. The number of amides is 1. The normalized spacial score (nSPS) is 19.1. The maximum Gasteiger partial charge on any atom is 0.222 e. The summed E-state index contributed by atoms with van der Waals surface area (Å²) in [5.74, 6) is 1.82. The van der Waals surface area contributed by atoms with Gasteiger partial charge < -0.3 is 14.5 Å². The van der Waals surface area contributed by atoms with Gasteiger partial charge in [-0.2, -0.15) is 0 Å². The molecule has 0 N–H and O–H groups in total. The molecule has 4 heteroatoms. The minimum Gasteiger partial charge on any atom is -0.494 e. The summed E-state index contributed by atoms with van der Waals surface area (Å²) in [5.41, 5.74) is 1.22. The molecule has 0 spiro atoms. The van der Waals surface area contributed by atoms with Crippen LogP contribution in [0.2, 0.25) is 0 Å². The molecule has 21 heavy (non-hydrogen) atoms. The fourth-order valence-corrected chi connectivity index (χ4v) is 2.97. The molecular formula is C17H26N2O2. The van der Waals surface area contributed by atoms with E-state index in [0.717, 1.165) is 31.8 Å². The van der Waals surface area contributed by atoms with Crippen LogP contribution in [0.25, 0.3) is 0 Å². The molecule has 0 bridgehead atoms. The molecule has 0 aromatic heterocycles. The topological polar surface area (TPSA) is 32.8 Å². The number of rotatable bonds is 6. The number of para-hydroxylation sites is 1. The van der Waals surface area contributed by atoms with E-state index in [2.05, 4.69) is 24.1 Å². The first kappa shape index (κ1) is 15.8. The second-order valence-electron chi connectivity index (χ2n) is 5.92. The number of piperidine rings is 1. The van der Waals surface area contributed by atoms with Crippen molar-refractivity contribution in [1.82, 2.24) is 9.80 Å². The third kappa shape index (κ3) is 4.46. The van der Waals surface area contributed by atoms with Crippen LogP contribution in [0.3, 0.4) is 0 Å². The predicted molar refractivity (Wildman–Crippen MR) is 84.3 cm³/mol. The molecule has 1 saturated heterocycles. The predicted octanol–water partition coefficient (Wildman–Crippen LogP) is 2.39. The maximum absolute atomic E-state index is 11.5. The Morgan fingerprint density at radius 3 is 2.86 bits per heavy atom. The smallest absolute Gasteiger partial charge is 0.222 e.